The van der Waals surface area contributed by atoms with Gasteiger partial charge in [0.25, 0.3) is 0 Å². The van der Waals surface area contributed by atoms with E-state index < -0.39 is 0 Å². The molecule has 0 spiro atoms. The molecule has 0 radical (unpaired) electrons. The van der Waals surface area contributed by atoms with Crippen molar-refractivity contribution in [1.29, 1.82) is 0 Å². The molecule has 1 nitrogen and oxygen atoms in total. The van der Waals surface area contributed by atoms with Gasteiger partial charge in [0.15, 0.2) is 0 Å². The van der Waals surface area contributed by atoms with Crippen LogP contribution in [0.25, 0.3) is 0 Å². The Hall–Kier alpha value is 0.310. The first kappa shape index (κ1) is 16.3. The van der Waals surface area contributed by atoms with Gasteiger partial charge in [-0.2, -0.15) is 0 Å². The fourth-order valence-electron chi connectivity index (χ4n) is 1.86. The van der Waals surface area contributed by atoms with Crippen LogP contribution >= 0.6 is 11.8 Å². The minimum atomic E-state index is 0.318. The smallest absolute Gasteiger partial charge is 0.0478 e. The molecule has 0 bridgehead atoms. The number of nitrogens with two attached hydrogens (primary N) is 1. The molecule has 0 fully saturated rings. The summed E-state index contributed by atoms with van der Waals surface area (Å²) < 4.78 is 0. The van der Waals surface area contributed by atoms with Crippen LogP contribution in [0, 0.1) is 0 Å². The van der Waals surface area contributed by atoms with Gasteiger partial charge in [0.05, 0.1) is 0 Å². The van der Waals surface area contributed by atoms with Crippen LogP contribution in [-0.4, -0.2) is 11.1 Å². The van der Waals surface area contributed by atoms with Crippen LogP contribution in [0.15, 0.2) is 0 Å². The molecule has 98 valence electrons. The second-order valence-electron chi connectivity index (χ2n) is 4.76. The van der Waals surface area contributed by atoms with E-state index in [-0.39, 0.29) is 0 Å². The maximum Gasteiger partial charge on any atom is 0.0478 e. The van der Waals surface area contributed by atoms with Crippen LogP contribution in [0.2, 0.25) is 0 Å². The molecular formula is C14H31NS. The lowest BCUT2D eigenvalue weighted by Gasteiger charge is -2.04. The largest absolute Gasteiger partial charge is 0.320 e. The Balaban J connectivity index is 2.88. The highest BCUT2D eigenvalue weighted by Gasteiger charge is 1.95. The topological polar surface area (TPSA) is 26.0 Å². The standard InChI is InChI=1S/C14H31NS/c1-3-4-5-6-7-8-9-10-11-12-13-16-14(2)15/h14H,3-13,15H2,1-2H3. The minimum Gasteiger partial charge on any atom is -0.320 e. The van der Waals surface area contributed by atoms with E-state index in [0.717, 1.165) is 0 Å². The summed E-state index contributed by atoms with van der Waals surface area (Å²) in [6, 6.07) is 0. The molecule has 0 aliphatic rings. The second-order valence-corrected chi connectivity index (χ2v) is 6.24. The van der Waals surface area contributed by atoms with Gasteiger partial charge in [-0.15, -0.1) is 11.8 Å². The van der Waals surface area contributed by atoms with E-state index >= 15 is 0 Å². The molecule has 0 saturated heterocycles. The number of rotatable bonds is 12. The van der Waals surface area contributed by atoms with Crippen molar-refractivity contribution in [3.8, 4) is 0 Å². The number of hydrogen-bond donors (Lipinski definition) is 1. The van der Waals surface area contributed by atoms with Gasteiger partial charge in [-0.1, -0.05) is 64.7 Å². The zero-order valence-electron chi connectivity index (χ0n) is 11.3. The van der Waals surface area contributed by atoms with E-state index in [2.05, 4.69) is 13.8 Å². The molecule has 0 rings (SSSR count). The van der Waals surface area contributed by atoms with E-state index in [1.54, 1.807) is 0 Å². The Kier molecular flexibility index (Phi) is 13.6. The van der Waals surface area contributed by atoms with Crippen LogP contribution in [0.3, 0.4) is 0 Å². The summed E-state index contributed by atoms with van der Waals surface area (Å²) in [6.07, 6.45) is 14.2. The second kappa shape index (κ2) is 13.4. The summed E-state index contributed by atoms with van der Waals surface area (Å²) in [5, 5.41) is 0.318. The van der Waals surface area contributed by atoms with E-state index in [0.29, 0.717) is 5.37 Å². The Morgan fingerprint density at radius 3 is 1.69 bits per heavy atom. The molecular weight excluding hydrogens is 214 g/mol. The summed E-state index contributed by atoms with van der Waals surface area (Å²) in [7, 11) is 0. The SMILES string of the molecule is CCCCCCCCCCCCSC(C)N. The van der Waals surface area contributed by atoms with Crippen LogP contribution in [-0.2, 0) is 0 Å². The first-order valence-corrected chi connectivity index (χ1v) is 8.19. The van der Waals surface area contributed by atoms with Crippen LogP contribution in [0.5, 0.6) is 0 Å². The predicted molar refractivity (Wildman–Crippen MR) is 78.0 cm³/mol. The molecule has 0 heterocycles. The Morgan fingerprint density at radius 2 is 1.25 bits per heavy atom. The lowest BCUT2D eigenvalue weighted by Crippen LogP contribution is -2.09. The van der Waals surface area contributed by atoms with Gasteiger partial charge < -0.3 is 5.73 Å². The molecule has 0 aromatic rings. The van der Waals surface area contributed by atoms with Crippen molar-refractivity contribution in [2.24, 2.45) is 5.73 Å². The van der Waals surface area contributed by atoms with Crippen LogP contribution in [0.4, 0.5) is 0 Å². The lowest BCUT2D eigenvalue weighted by atomic mass is 10.1. The molecule has 2 N–H and O–H groups in total. The fourth-order valence-corrected chi connectivity index (χ4v) is 2.60. The molecule has 0 aromatic carbocycles. The third-order valence-electron chi connectivity index (χ3n) is 2.88. The third kappa shape index (κ3) is 14.3. The summed E-state index contributed by atoms with van der Waals surface area (Å²) in [4.78, 5) is 0. The normalized spacial score (nSPS) is 12.9. The van der Waals surface area contributed by atoms with Gasteiger partial charge in [0.1, 0.15) is 0 Å². The Bertz CT molecular complexity index is 126. The van der Waals surface area contributed by atoms with E-state index in [9.17, 15) is 0 Å². The molecule has 16 heavy (non-hydrogen) atoms. The summed E-state index contributed by atoms with van der Waals surface area (Å²) in [6.45, 7) is 4.35. The highest BCUT2D eigenvalue weighted by Crippen LogP contribution is 2.13. The van der Waals surface area contributed by atoms with Crippen LogP contribution in [0.1, 0.15) is 78.1 Å². The Morgan fingerprint density at radius 1 is 0.812 bits per heavy atom. The zero-order valence-corrected chi connectivity index (χ0v) is 12.2. The highest BCUT2D eigenvalue weighted by atomic mass is 32.2. The molecule has 0 aliphatic heterocycles. The molecule has 1 unspecified atom stereocenters. The van der Waals surface area contributed by atoms with E-state index in [1.165, 1.54) is 70.0 Å². The molecule has 0 saturated carbocycles. The predicted octanol–water partition coefficient (Wildman–Crippen LogP) is 4.95. The monoisotopic (exact) mass is 245 g/mol. The van der Waals surface area contributed by atoms with Gasteiger partial charge in [0.2, 0.25) is 0 Å². The van der Waals surface area contributed by atoms with Crippen molar-refractivity contribution in [1.82, 2.24) is 0 Å². The Labute approximate surface area is 107 Å². The average molecular weight is 245 g/mol. The van der Waals surface area contributed by atoms with Crippen molar-refractivity contribution in [3.63, 3.8) is 0 Å². The summed E-state index contributed by atoms with van der Waals surface area (Å²) >= 11 is 1.89. The molecule has 0 aliphatic carbocycles. The number of hydrogen-bond acceptors (Lipinski definition) is 2. The first-order chi connectivity index (χ1) is 7.77. The highest BCUT2D eigenvalue weighted by molar-refractivity contribution is 7.99. The summed E-state index contributed by atoms with van der Waals surface area (Å²) in [5.74, 6) is 1.24. The van der Waals surface area contributed by atoms with Gasteiger partial charge in [0, 0.05) is 5.37 Å². The summed E-state index contributed by atoms with van der Waals surface area (Å²) in [5.41, 5.74) is 5.68. The maximum atomic E-state index is 5.68. The average Bonchev–Trinajstić information content (AvgIpc) is 2.25. The first-order valence-electron chi connectivity index (χ1n) is 7.14. The van der Waals surface area contributed by atoms with Crippen molar-refractivity contribution in [2.45, 2.75) is 83.4 Å². The number of unbranched alkanes of at least 4 members (excludes halogenated alkanes) is 9. The maximum absolute atomic E-state index is 5.68. The quantitative estimate of drug-likeness (QED) is 0.389. The van der Waals surface area contributed by atoms with Crippen molar-refractivity contribution < 1.29 is 0 Å². The third-order valence-corrected chi connectivity index (χ3v) is 3.93. The molecule has 2 heteroatoms. The van der Waals surface area contributed by atoms with Gasteiger partial charge in [-0.05, 0) is 19.1 Å². The minimum absolute atomic E-state index is 0.318. The molecule has 0 amide bonds. The fraction of sp³-hybridized carbons (Fsp3) is 1.00. The van der Waals surface area contributed by atoms with Crippen molar-refractivity contribution in [2.75, 3.05) is 5.75 Å². The van der Waals surface area contributed by atoms with E-state index in [4.69, 9.17) is 5.73 Å². The van der Waals surface area contributed by atoms with Gasteiger partial charge >= 0.3 is 0 Å². The van der Waals surface area contributed by atoms with Crippen molar-refractivity contribution >= 4 is 11.8 Å². The van der Waals surface area contributed by atoms with Gasteiger partial charge in [-0.25, -0.2) is 0 Å². The molecule has 1 atom stereocenters. The van der Waals surface area contributed by atoms with Gasteiger partial charge in [-0.3, -0.25) is 0 Å². The lowest BCUT2D eigenvalue weighted by molar-refractivity contribution is 0.563. The van der Waals surface area contributed by atoms with E-state index in [1.807, 2.05) is 11.8 Å². The van der Waals surface area contributed by atoms with Crippen molar-refractivity contribution in [3.05, 3.63) is 0 Å². The number of thioether (sulfide) groups is 1. The zero-order chi connectivity index (χ0) is 12.1. The van der Waals surface area contributed by atoms with Crippen LogP contribution < -0.4 is 5.73 Å². The molecule has 0 aromatic heterocycles.